The maximum atomic E-state index is 13.8. The molecule has 1 atom stereocenters. The summed E-state index contributed by atoms with van der Waals surface area (Å²) in [6, 6.07) is 18.4. The zero-order chi connectivity index (χ0) is 28.0. The number of rotatable bonds is 10. The molecule has 0 bridgehead atoms. The van der Waals surface area contributed by atoms with Crippen LogP contribution in [-0.2, 0) is 26.1 Å². The molecule has 4 rings (SSSR count). The Morgan fingerprint density at radius 1 is 1.03 bits per heavy atom. The molecule has 1 aliphatic heterocycles. The van der Waals surface area contributed by atoms with Crippen LogP contribution in [0.2, 0.25) is 0 Å². The van der Waals surface area contributed by atoms with Gasteiger partial charge in [-0.3, -0.25) is 9.69 Å². The molecule has 0 saturated carbocycles. The van der Waals surface area contributed by atoms with Gasteiger partial charge in [0.05, 0.1) is 25.2 Å². The molecular weight excluding hydrogens is 514 g/mol. The van der Waals surface area contributed by atoms with Crippen molar-refractivity contribution >= 4 is 21.7 Å². The Hall–Kier alpha value is -3.27. The molecule has 0 radical (unpaired) electrons. The standard InChI is InChI=1S/C30H37N3O5S/c1-22-17-27(37-4)18-23(2)30(22)39(35,36)33-16-9-8-14-26(33)20-38-21-29(34)32(19-25-12-6-5-7-13-25)28-15-10-11-24(3)31-28/h5-7,10-13,15,17-18,26H,8-9,14,16,19-21H2,1-4H3. The first-order chi connectivity index (χ1) is 18.7. The minimum Gasteiger partial charge on any atom is -0.497 e. The SMILES string of the molecule is COc1cc(C)c(S(=O)(=O)N2CCCCC2COCC(=O)N(Cc2ccccc2)c2cccc(C)n2)c(C)c1. The monoisotopic (exact) mass is 551 g/mol. The summed E-state index contributed by atoms with van der Waals surface area (Å²) in [6.07, 6.45) is 2.36. The molecule has 39 heavy (non-hydrogen) atoms. The molecule has 8 nitrogen and oxygen atoms in total. The first-order valence-corrected chi connectivity index (χ1v) is 14.7. The van der Waals surface area contributed by atoms with Crippen molar-refractivity contribution in [2.75, 3.05) is 31.8 Å². The maximum absolute atomic E-state index is 13.8. The average Bonchev–Trinajstić information content (AvgIpc) is 2.91. The molecule has 1 saturated heterocycles. The van der Waals surface area contributed by atoms with Gasteiger partial charge in [0.15, 0.2) is 0 Å². The maximum Gasteiger partial charge on any atom is 0.254 e. The summed E-state index contributed by atoms with van der Waals surface area (Å²) in [6.45, 7) is 6.21. The van der Waals surface area contributed by atoms with Crippen molar-refractivity contribution in [3.05, 3.63) is 83.0 Å². The van der Waals surface area contributed by atoms with Gasteiger partial charge in [-0.25, -0.2) is 13.4 Å². The summed E-state index contributed by atoms with van der Waals surface area (Å²) in [7, 11) is -2.19. The first kappa shape index (κ1) is 28.7. The predicted octanol–water partition coefficient (Wildman–Crippen LogP) is 4.81. The third-order valence-corrected chi connectivity index (χ3v) is 9.24. The van der Waals surface area contributed by atoms with Crippen LogP contribution in [0.25, 0.3) is 0 Å². The fourth-order valence-electron chi connectivity index (χ4n) is 5.11. The number of hydrogen-bond acceptors (Lipinski definition) is 6. The summed E-state index contributed by atoms with van der Waals surface area (Å²) in [5, 5.41) is 0. The van der Waals surface area contributed by atoms with Gasteiger partial charge in [0.25, 0.3) is 5.91 Å². The summed E-state index contributed by atoms with van der Waals surface area (Å²) >= 11 is 0. The molecule has 9 heteroatoms. The molecule has 0 N–H and O–H groups in total. The number of anilines is 1. The Kier molecular flexibility index (Phi) is 9.37. The van der Waals surface area contributed by atoms with E-state index >= 15 is 0 Å². The van der Waals surface area contributed by atoms with Gasteiger partial charge in [0.1, 0.15) is 18.2 Å². The molecule has 208 valence electrons. The van der Waals surface area contributed by atoms with Gasteiger partial charge in [-0.2, -0.15) is 4.31 Å². The van der Waals surface area contributed by atoms with Crippen LogP contribution in [-0.4, -0.2) is 56.5 Å². The van der Waals surface area contributed by atoms with Crippen LogP contribution >= 0.6 is 0 Å². The van der Waals surface area contributed by atoms with E-state index in [0.717, 1.165) is 24.1 Å². The van der Waals surface area contributed by atoms with E-state index in [1.165, 1.54) is 0 Å². The van der Waals surface area contributed by atoms with Crippen molar-refractivity contribution in [1.29, 1.82) is 0 Å². The topological polar surface area (TPSA) is 89.0 Å². The van der Waals surface area contributed by atoms with Gasteiger partial charge in [-0.05, 0) is 74.6 Å². The molecule has 0 aliphatic carbocycles. The van der Waals surface area contributed by atoms with Gasteiger partial charge in [-0.1, -0.05) is 42.8 Å². The van der Waals surface area contributed by atoms with Crippen LogP contribution in [0.15, 0.2) is 65.6 Å². The zero-order valence-electron chi connectivity index (χ0n) is 23.1. The van der Waals surface area contributed by atoms with Crippen molar-refractivity contribution in [3.63, 3.8) is 0 Å². The van der Waals surface area contributed by atoms with E-state index in [9.17, 15) is 13.2 Å². The largest absolute Gasteiger partial charge is 0.497 e. The summed E-state index contributed by atoms with van der Waals surface area (Å²) in [5.41, 5.74) is 3.08. The van der Waals surface area contributed by atoms with Crippen LogP contribution in [0.5, 0.6) is 5.75 Å². The van der Waals surface area contributed by atoms with Gasteiger partial charge in [0.2, 0.25) is 10.0 Å². The van der Waals surface area contributed by atoms with Gasteiger partial charge >= 0.3 is 0 Å². The number of aryl methyl sites for hydroxylation is 3. The number of pyridine rings is 1. The highest BCUT2D eigenvalue weighted by atomic mass is 32.2. The third-order valence-electron chi connectivity index (χ3n) is 6.98. The highest BCUT2D eigenvalue weighted by Gasteiger charge is 2.35. The molecule has 2 heterocycles. The molecule has 1 amide bonds. The second kappa shape index (κ2) is 12.7. The lowest BCUT2D eigenvalue weighted by molar-refractivity contribution is -0.123. The lowest BCUT2D eigenvalue weighted by atomic mass is 10.1. The highest BCUT2D eigenvalue weighted by molar-refractivity contribution is 7.89. The van der Waals surface area contributed by atoms with Gasteiger partial charge in [0, 0.05) is 18.3 Å². The Labute approximate surface area is 231 Å². The Balaban J connectivity index is 1.48. The number of aromatic nitrogens is 1. The molecule has 1 aromatic heterocycles. The third kappa shape index (κ3) is 6.84. The number of carbonyl (C=O) groups is 1. The molecule has 1 fully saturated rings. The van der Waals surface area contributed by atoms with Crippen LogP contribution in [0.1, 0.15) is 41.6 Å². The van der Waals surface area contributed by atoms with E-state index in [0.29, 0.717) is 47.1 Å². The Morgan fingerprint density at radius 2 is 1.74 bits per heavy atom. The fourth-order valence-corrected chi connectivity index (χ4v) is 7.21. The lowest BCUT2D eigenvalue weighted by Crippen LogP contribution is -2.47. The molecule has 2 aromatic carbocycles. The number of benzene rings is 2. The Morgan fingerprint density at radius 3 is 2.41 bits per heavy atom. The van der Waals surface area contributed by atoms with E-state index in [-0.39, 0.29) is 25.2 Å². The molecule has 1 aliphatic rings. The van der Waals surface area contributed by atoms with E-state index in [2.05, 4.69) is 4.98 Å². The fraction of sp³-hybridized carbons (Fsp3) is 0.400. The van der Waals surface area contributed by atoms with E-state index in [1.807, 2.05) is 55.5 Å². The van der Waals surface area contributed by atoms with Crippen molar-refractivity contribution < 1.29 is 22.7 Å². The van der Waals surface area contributed by atoms with E-state index in [1.54, 1.807) is 42.3 Å². The quantitative estimate of drug-likeness (QED) is 0.359. The van der Waals surface area contributed by atoms with E-state index in [4.69, 9.17) is 9.47 Å². The molecule has 0 spiro atoms. The van der Waals surface area contributed by atoms with Crippen LogP contribution < -0.4 is 9.64 Å². The second-order valence-electron chi connectivity index (χ2n) is 9.97. The first-order valence-electron chi connectivity index (χ1n) is 13.2. The molecular formula is C30H37N3O5S. The number of hydrogen-bond donors (Lipinski definition) is 0. The van der Waals surface area contributed by atoms with Crippen LogP contribution in [0.4, 0.5) is 5.82 Å². The minimum atomic E-state index is -3.76. The molecule has 3 aromatic rings. The number of ether oxygens (including phenoxy) is 2. The zero-order valence-corrected chi connectivity index (χ0v) is 23.9. The smallest absolute Gasteiger partial charge is 0.254 e. The van der Waals surface area contributed by atoms with Crippen LogP contribution in [0.3, 0.4) is 0 Å². The van der Waals surface area contributed by atoms with Crippen molar-refractivity contribution in [2.24, 2.45) is 0 Å². The normalized spacial score (nSPS) is 16.2. The van der Waals surface area contributed by atoms with E-state index < -0.39 is 10.0 Å². The number of amides is 1. The summed E-state index contributed by atoms with van der Waals surface area (Å²) in [4.78, 5) is 19.8. The number of sulfonamides is 1. The van der Waals surface area contributed by atoms with Gasteiger partial charge < -0.3 is 9.47 Å². The van der Waals surface area contributed by atoms with Gasteiger partial charge in [-0.15, -0.1) is 0 Å². The minimum absolute atomic E-state index is 0.139. The second-order valence-corrected chi connectivity index (χ2v) is 11.8. The summed E-state index contributed by atoms with van der Waals surface area (Å²) in [5.74, 6) is 0.952. The lowest BCUT2D eigenvalue weighted by Gasteiger charge is -2.35. The van der Waals surface area contributed by atoms with Crippen LogP contribution in [0, 0.1) is 20.8 Å². The number of methoxy groups -OCH3 is 1. The van der Waals surface area contributed by atoms with Crippen molar-refractivity contribution in [1.82, 2.24) is 9.29 Å². The number of carbonyl (C=O) groups excluding carboxylic acids is 1. The summed E-state index contributed by atoms with van der Waals surface area (Å²) < 4.78 is 40.4. The highest BCUT2D eigenvalue weighted by Crippen LogP contribution is 2.32. The predicted molar refractivity (Wildman–Crippen MR) is 151 cm³/mol. The van der Waals surface area contributed by atoms with Crippen molar-refractivity contribution in [2.45, 2.75) is 57.5 Å². The number of nitrogens with zero attached hydrogens (tertiary/aromatic N) is 3. The average molecular weight is 552 g/mol. The Bertz CT molecular complexity index is 1370. The van der Waals surface area contributed by atoms with Crippen molar-refractivity contribution in [3.8, 4) is 5.75 Å². The molecule has 1 unspecified atom stereocenters. The number of piperidine rings is 1.